The van der Waals surface area contributed by atoms with Crippen LogP contribution < -0.4 is 29.6 Å². The van der Waals surface area contributed by atoms with Gasteiger partial charge in [-0.3, -0.25) is 0 Å². The topological polar surface area (TPSA) is 26.3 Å². The minimum atomic E-state index is -1.50. The summed E-state index contributed by atoms with van der Waals surface area (Å²) < 4.78 is 15.2. The Hall–Kier alpha value is 1.33. The number of rotatable bonds is 12. The molecule has 0 saturated heterocycles. The van der Waals surface area contributed by atoms with Gasteiger partial charge in [-0.2, -0.15) is 0 Å². The Morgan fingerprint density at radius 3 is 1.76 bits per heavy atom. The molecule has 0 aromatic carbocycles. The first-order valence-corrected chi connectivity index (χ1v) is 8.50. The minimum absolute atomic E-state index is 0. The summed E-state index contributed by atoms with van der Waals surface area (Å²) in [6, 6.07) is 0. The van der Waals surface area contributed by atoms with Crippen molar-refractivity contribution in [1.29, 1.82) is 0 Å². The van der Waals surface area contributed by atoms with Crippen LogP contribution >= 0.6 is 0 Å². The molecule has 17 heavy (non-hydrogen) atoms. The van der Waals surface area contributed by atoms with Gasteiger partial charge in [0.25, 0.3) is 0 Å². The maximum Gasteiger partial charge on any atom is 1.00 e. The largest absolute Gasteiger partial charge is 1.00 e. The Balaban J connectivity index is -0.00000112. The van der Waals surface area contributed by atoms with Gasteiger partial charge in [-0.1, -0.05) is 74.4 Å². The van der Waals surface area contributed by atoms with Crippen LogP contribution in [0.1, 0.15) is 72.6 Å². The molecule has 100 valence electrons. The Bertz CT molecular complexity index is 206. The molecule has 0 aromatic rings. The SMILES string of the molecule is CCCCCCCCCCCCO[S-](=O)=S.[H-].[Na+]. The van der Waals surface area contributed by atoms with Gasteiger partial charge in [-0.15, -0.1) is 0 Å². The molecule has 0 N–H and O–H groups in total. The molecule has 0 unspecified atom stereocenters. The average molecular weight is 289 g/mol. The molecule has 0 amide bonds. The van der Waals surface area contributed by atoms with Gasteiger partial charge >= 0.3 is 29.6 Å². The summed E-state index contributed by atoms with van der Waals surface area (Å²) in [5, 5.41) is 0. The van der Waals surface area contributed by atoms with Crippen LogP contribution in [0.4, 0.5) is 0 Å². The molecule has 0 fully saturated rings. The number of hydrogen-bond donors (Lipinski definition) is 0. The first-order chi connectivity index (χ1) is 7.77. The number of unbranched alkanes of at least 4 members (excludes halogenated alkanes) is 9. The Labute approximate surface area is 137 Å². The van der Waals surface area contributed by atoms with Crippen molar-refractivity contribution in [1.82, 2.24) is 0 Å². The first kappa shape index (κ1) is 20.6. The zero-order chi connectivity index (χ0) is 12.1. The molecule has 0 aromatic heterocycles. The second-order valence-corrected chi connectivity index (χ2v) is 5.67. The van der Waals surface area contributed by atoms with Crippen LogP contribution in [0, 0.1) is 0 Å². The zero-order valence-corrected chi connectivity index (χ0v) is 15.0. The van der Waals surface area contributed by atoms with E-state index in [1.54, 1.807) is 0 Å². The van der Waals surface area contributed by atoms with E-state index < -0.39 is 9.64 Å². The van der Waals surface area contributed by atoms with Gasteiger partial charge in [-0.25, -0.2) is 11.2 Å². The van der Waals surface area contributed by atoms with E-state index in [9.17, 15) is 4.21 Å². The molecule has 0 aliphatic rings. The summed E-state index contributed by atoms with van der Waals surface area (Å²) in [4.78, 5) is 0. The zero-order valence-electron chi connectivity index (χ0n) is 12.4. The van der Waals surface area contributed by atoms with Gasteiger partial charge in [0, 0.05) is 6.61 Å². The first-order valence-electron chi connectivity index (χ1n) is 6.50. The van der Waals surface area contributed by atoms with Gasteiger partial charge in [0.2, 0.25) is 0 Å². The van der Waals surface area contributed by atoms with E-state index in [2.05, 4.69) is 18.1 Å². The maximum absolute atomic E-state index is 10.4. The predicted octanol–water partition coefficient (Wildman–Crippen LogP) is 1.38. The van der Waals surface area contributed by atoms with Crippen LogP contribution in [0.2, 0.25) is 0 Å². The van der Waals surface area contributed by atoms with Crippen molar-refractivity contribution in [2.45, 2.75) is 71.1 Å². The summed E-state index contributed by atoms with van der Waals surface area (Å²) in [5.74, 6) is 0. The van der Waals surface area contributed by atoms with Crippen LogP contribution in [-0.2, 0) is 29.2 Å². The van der Waals surface area contributed by atoms with E-state index in [4.69, 9.17) is 4.18 Å². The van der Waals surface area contributed by atoms with Gasteiger partial charge in [-0.05, 0) is 6.42 Å². The predicted molar refractivity (Wildman–Crippen MR) is 74.3 cm³/mol. The summed E-state index contributed by atoms with van der Waals surface area (Å²) in [5.41, 5.74) is 0. The van der Waals surface area contributed by atoms with Crippen LogP contribution in [-0.4, -0.2) is 6.61 Å². The van der Waals surface area contributed by atoms with Crippen molar-refractivity contribution in [2.24, 2.45) is 0 Å². The van der Waals surface area contributed by atoms with Gasteiger partial charge < -0.3 is 9.82 Å². The standard InChI is InChI=1S/C12H25O2S2.Na.H/c1-2-3-4-5-6-7-8-9-10-11-12-14-16(13)15;;/h2-12H2,1H3;;/q-1;+1;-1. The van der Waals surface area contributed by atoms with Crippen molar-refractivity contribution in [3.05, 3.63) is 0 Å². The van der Waals surface area contributed by atoms with Crippen molar-refractivity contribution < 1.29 is 39.4 Å². The normalized spacial score (nSPS) is 10.5. The fraction of sp³-hybridized carbons (Fsp3) is 1.00. The summed E-state index contributed by atoms with van der Waals surface area (Å²) in [6.07, 6.45) is 13.0. The van der Waals surface area contributed by atoms with E-state index in [1.807, 2.05) is 0 Å². The molecule has 0 heterocycles. The fourth-order valence-corrected chi connectivity index (χ4v) is 2.17. The van der Waals surface area contributed by atoms with Gasteiger partial charge in [0.1, 0.15) is 0 Å². The van der Waals surface area contributed by atoms with Gasteiger partial charge in [0.15, 0.2) is 0 Å². The van der Waals surface area contributed by atoms with Crippen LogP contribution in [0.25, 0.3) is 0 Å². The van der Waals surface area contributed by atoms with Crippen molar-refractivity contribution in [3.63, 3.8) is 0 Å². The molecule has 2 nitrogen and oxygen atoms in total. The summed E-state index contributed by atoms with van der Waals surface area (Å²) in [6.45, 7) is 2.80. The van der Waals surface area contributed by atoms with E-state index in [0.717, 1.165) is 6.42 Å². The number of hydrogen-bond acceptors (Lipinski definition) is 4. The molecule has 0 rings (SSSR count). The summed E-state index contributed by atoms with van der Waals surface area (Å²) in [7, 11) is -1.50. The molecule has 0 aliphatic heterocycles. The Morgan fingerprint density at radius 1 is 0.941 bits per heavy atom. The molecule has 5 heteroatoms. The molecule has 0 atom stereocenters. The quantitative estimate of drug-likeness (QED) is 0.308. The smallest absolute Gasteiger partial charge is 1.00 e. The molecular weight excluding hydrogens is 263 g/mol. The van der Waals surface area contributed by atoms with E-state index in [0.29, 0.717) is 6.61 Å². The third kappa shape index (κ3) is 19.8. The third-order valence-electron chi connectivity index (χ3n) is 2.68. The monoisotopic (exact) mass is 289 g/mol. The minimum Gasteiger partial charge on any atom is -1.00 e. The second kappa shape index (κ2) is 17.3. The van der Waals surface area contributed by atoms with Crippen molar-refractivity contribution >= 4 is 20.8 Å². The van der Waals surface area contributed by atoms with Crippen LogP contribution in [0.5, 0.6) is 0 Å². The van der Waals surface area contributed by atoms with Crippen LogP contribution in [0.3, 0.4) is 0 Å². The molecular formula is C12H26NaO2S2-. The average Bonchev–Trinajstić information content (AvgIpc) is 2.25. The van der Waals surface area contributed by atoms with Crippen molar-refractivity contribution in [2.75, 3.05) is 6.61 Å². The Morgan fingerprint density at radius 2 is 1.35 bits per heavy atom. The Kier molecular flexibility index (Phi) is 21.0. The maximum atomic E-state index is 10.4. The third-order valence-corrected chi connectivity index (χ3v) is 3.33. The molecule has 0 radical (unpaired) electrons. The molecule has 0 spiro atoms. The van der Waals surface area contributed by atoms with E-state index in [1.165, 1.54) is 57.8 Å². The van der Waals surface area contributed by atoms with E-state index in [-0.39, 0.29) is 31.0 Å². The molecule has 0 bridgehead atoms. The summed E-state index contributed by atoms with van der Waals surface area (Å²) >= 11 is 4.40. The molecule has 0 aliphatic carbocycles. The van der Waals surface area contributed by atoms with Crippen molar-refractivity contribution in [3.8, 4) is 0 Å². The van der Waals surface area contributed by atoms with Gasteiger partial charge in [0.05, 0.1) is 0 Å². The van der Waals surface area contributed by atoms with Crippen LogP contribution in [0.15, 0.2) is 0 Å². The molecule has 0 saturated carbocycles. The fourth-order valence-electron chi connectivity index (χ4n) is 1.72. The second-order valence-electron chi connectivity index (χ2n) is 4.21. The van der Waals surface area contributed by atoms with E-state index >= 15 is 0 Å².